The summed E-state index contributed by atoms with van der Waals surface area (Å²) in [6.45, 7) is 1.36. The van der Waals surface area contributed by atoms with Gasteiger partial charge in [-0.1, -0.05) is 55.0 Å². The van der Waals surface area contributed by atoms with Gasteiger partial charge in [0, 0.05) is 5.69 Å². The zero-order valence-electron chi connectivity index (χ0n) is 19.9. The Kier molecular flexibility index (Phi) is 6.57. The van der Waals surface area contributed by atoms with Crippen molar-refractivity contribution in [2.24, 2.45) is 5.92 Å². The fourth-order valence-corrected chi connectivity index (χ4v) is 5.75. The van der Waals surface area contributed by atoms with Gasteiger partial charge in [-0.25, -0.2) is 0 Å². The topological polar surface area (TPSA) is 38.8 Å². The molecule has 1 aliphatic carbocycles. The molecule has 4 heteroatoms. The second-order valence-electron chi connectivity index (χ2n) is 9.60. The van der Waals surface area contributed by atoms with Crippen LogP contribution in [0.2, 0.25) is 0 Å². The average molecular weight is 456 g/mol. The predicted octanol–water partition coefficient (Wildman–Crippen LogP) is 6.53. The van der Waals surface area contributed by atoms with Gasteiger partial charge in [0.05, 0.1) is 25.7 Å². The van der Waals surface area contributed by atoms with E-state index in [1.807, 2.05) is 47.4 Å². The fourth-order valence-electron chi connectivity index (χ4n) is 5.75. The van der Waals surface area contributed by atoms with Gasteiger partial charge >= 0.3 is 0 Å². The van der Waals surface area contributed by atoms with E-state index in [4.69, 9.17) is 9.47 Å². The molecule has 0 saturated heterocycles. The maximum atomic E-state index is 13.8. The van der Waals surface area contributed by atoms with Crippen LogP contribution in [0.5, 0.6) is 11.5 Å². The first kappa shape index (κ1) is 22.5. The molecule has 5 rings (SSSR count). The van der Waals surface area contributed by atoms with Crippen LogP contribution < -0.4 is 14.4 Å². The number of methoxy groups -OCH3 is 1. The summed E-state index contributed by atoms with van der Waals surface area (Å²) >= 11 is 0. The van der Waals surface area contributed by atoms with Crippen LogP contribution in [0.15, 0.2) is 78.9 Å². The highest BCUT2D eigenvalue weighted by atomic mass is 16.5. The molecule has 3 aromatic rings. The molecular weight excluding hydrogens is 422 g/mol. The number of benzene rings is 3. The van der Waals surface area contributed by atoms with Crippen molar-refractivity contribution >= 4 is 11.6 Å². The molecule has 1 fully saturated rings. The minimum atomic E-state index is -0.338. The molecule has 34 heavy (non-hydrogen) atoms. The van der Waals surface area contributed by atoms with Gasteiger partial charge in [0.15, 0.2) is 0 Å². The molecule has 1 aliphatic heterocycles. The summed E-state index contributed by atoms with van der Waals surface area (Å²) in [4.78, 5) is 15.8. The van der Waals surface area contributed by atoms with E-state index >= 15 is 0 Å². The Hall–Kier alpha value is -3.27. The lowest BCUT2D eigenvalue weighted by atomic mass is 9.79. The highest BCUT2D eigenvalue weighted by molar-refractivity contribution is 6.08. The Labute approximate surface area is 202 Å². The van der Waals surface area contributed by atoms with Crippen molar-refractivity contribution in [2.75, 3.05) is 18.6 Å². The molecule has 176 valence electrons. The summed E-state index contributed by atoms with van der Waals surface area (Å²) < 4.78 is 11.1. The third-order valence-corrected chi connectivity index (χ3v) is 7.50. The van der Waals surface area contributed by atoms with Crippen LogP contribution in [0.4, 0.5) is 5.69 Å². The number of amides is 1. The fraction of sp³-hybridized carbons (Fsp3) is 0.367. The second kappa shape index (κ2) is 9.92. The van der Waals surface area contributed by atoms with Gasteiger partial charge in [0.25, 0.3) is 0 Å². The highest BCUT2D eigenvalue weighted by Gasteiger charge is 2.54. The van der Waals surface area contributed by atoms with E-state index in [0.29, 0.717) is 18.4 Å². The van der Waals surface area contributed by atoms with Gasteiger partial charge in [-0.2, -0.15) is 0 Å². The maximum absolute atomic E-state index is 13.8. The molecule has 4 nitrogen and oxygen atoms in total. The summed E-state index contributed by atoms with van der Waals surface area (Å²) in [6.07, 6.45) is 6.36. The number of anilines is 1. The van der Waals surface area contributed by atoms with Crippen molar-refractivity contribution in [1.82, 2.24) is 0 Å². The largest absolute Gasteiger partial charge is 0.497 e. The normalized spacial score (nSPS) is 21.1. The molecule has 0 radical (unpaired) electrons. The summed E-state index contributed by atoms with van der Waals surface area (Å²) in [7, 11) is 1.67. The summed E-state index contributed by atoms with van der Waals surface area (Å²) in [5.41, 5.74) is 3.18. The first-order valence-corrected chi connectivity index (χ1v) is 12.4. The van der Waals surface area contributed by atoms with E-state index < -0.39 is 0 Å². The van der Waals surface area contributed by atoms with E-state index in [2.05, 4.69) is 36.4 Å². The quantitative estimate of drug-likeness (QED) is 0.344. The van der Waals surface area contributed by atoms with Gasteiger partial charge in [0.1, 0.15) is 11.5 Å². The number of hydrogen-bond donors (Lipinski definition) is 0. The SMILES string of the molecule is COc1ccc(OCCCC[C@H]2CC[C@]3(C2)C(=O)N(Cc2ccccc2)c2ccccc23)cc1. The molecule has 2 atom stereocenters. The van der Waals surface area contributed by atoms with E-state index in [0.717, 1.165) is 62.3 Å². The number of hydrogen-bond acceptors (Lipinski definition) is 3. The molecule has 3 aromatic carbocycles. The Balaban J connectivity index is 1.17. The summed E-state index contributed by atoms with van der Waals surface area (Å²) in [5.74, 6) is 2.61. The number of rotatable bonds is 9. The Bertz CT molecular complexity index is 1110. The van der Waals surface area contributed by atoms with Crippen LogP contribution >= 0.6 is 0 Å². The lowest BCUT2D eigenvalue weighted by molar-refractivity contribution is -0.123. The molecule has 0 N–H and O–H groups in total. The molecule has 1 amide bonds. The number of nitrogens with zero attached hydrogens (tertiary/aromatic N) is 1. The Morgan fingerprint density at radius 3 is 2.44 bits per heavy atom. The van der Waals surface area contributed by atoms with E-state index in [9.17, 15) is 4.79 Å². The predicted molar refractivity (Wildman–Crippen MR) is 135 cm³/mol. The van der Waals surface area contributed by atoms with Crippen molar-refractivity contribution < 1.29 is 14.3 Å². The first-order valence-electron chi connectivity index (χ1n) is 12.4. The van der Waals surface area contributed by atoms with Gasteiger partial charge in [-0.15, -0.1) is 0 Å². The molecule has 1 heterocycles. The van der Waals surface area contributed by atoms with Crippen LogP contribution in [0.3, 0.4) is 0 Å². The smallest absolute Gasteiger partial charge is 0.238 e. The number of ether oxygens (including phenoxy) is 2. The number of fused-ring (bicyclic) bond motifs is 2. The highest BCUT2D eigenvalue weighted by Crippen LogP contribution is 2.54. The molecule has 0 unspecified atom stereocenters. The monoisotopic (exact) mass is 455 g/mol. The molecule has 0 aromatic heterocycles. The molecular formula is C30H33NO3. The van der Waals surface area contributed by atoms with Gasteiger partial charge in [0.2, 0.25) is 5.91 Å². The molecule has 2 aliphatic rings. The Morgan fingerprint density at radius 1 is 0.912 bits per heavy atom. The first-order chi connectivity index (χ1) is 16.7. The van der Waals surface area contributed by atoms with Crippen molar-refractivity contribution in [3.05, 3.63) is 90.0 Å². The van der Waals surface area contributed by atoms with Crippen LogP contribution in [0.25, 0.3) is 0 Å². The van der Waals surface area contributed by atoms with Crippen LogP contribution in [-0.2, 0) is 16.8 Å². The minimum Gasteiger partial charge on any atom is -0.497 e. The van der Waals surface area contributed by atoms with E-state index in [-0.39, 0.29) is 5.41 Å². The lowest BCUT2D eigenvalue weighted by Crippen LogP contribution is -2.38. The van der Waals surface area contributed by atoms with Crippen molar-refractivity contribution in [3.63, 3.8) is 0 Å². The third kappa shape index (κ3) is 4.42. The standard InChI is InChI=1S/C30H33NO3/c1-33-25-14-16-26(17-15-25)34-20-8-7-9-23-18-19-30(21-23)27-12-5-6-13-28(27)31(29(30)32)22-24-10-3-2-4-11-24/h2-6,10-17,23H,7-9,18-22H2,1H3/t23-,30+/m0/s1. The zero-order valence-corrected chi connectivity index (χ0v) is 19.9. The van der Waals surface area contributed by atoms with Crippen molar-refractivity contribution in [3.8, 4) is 11.5 Å². The lowest BCUT2D eigenvalue weighted by Gasteiger charge is -2.24. The maximum Gasteiger partial charge on any atom is 0.238 e. The second-order valence-corrected chi connectivity index (χ2v) is 9.60. The zero-order chi connectivity index (χ0) is 23.4. The van der Waals surface area contributed by atoms with E-state index in [1.54, 1.807) is 7.11 Å². The average Bonchev–Trinajstić information content (AvgIpc) is 3.41. The number of carbonyl (C=O) groups is 1. The molecule has 1 spiro atoms. The molecule has 1 saturated carbocycles. The Morgan fingerprint density at radius 2 is 1.65 bits per heavy atom. The van der Waals surface area contributed by atoms with Gasteiger partial charge in [-0.3, -0.25) is 4.79 Å². The van der Waals surface area contributed by atoms with Crippen molar-refractivity contribution in [1.29, 1.82) is 0 Å². The van der Waals surface area contributed by atoms with Gasteiger partial charge < -0.3 is 14.4 Å². The number of unbranched alkanes of at least 4 members (excludes halogenated alkanes) is 1. The third-order valence-electron chi connectivity index (χ3n) is 7.50. The van der Waals surface area contributed by atoms with Crippen LogP contribution in [0.1, 0.15) is 49.7 Å². The summed E-state index contributed by atoms with van der Waals surface area (Å²) in [5, 5.41) is 0. The van der Waals surface area contributed by atoms with Crippen LogP contribution in [0, 0.1) is 5.92 Å². The van der Waals surface area contributed by atoms with E-state index in [1.165, 1.54) is 11.1 Å². The van der Waals surface area contributed by atoms with Crippen molar-refractivity contribution in [2.45, 2.75) is 50.5 Å². The number of para-hydroxylation sites is 1. The molecule has 0 bridgehead atoms. The van der Waals surface area contributed by atoms with Gasteiger partial charge in [-0.05, 0) is 79.5 Å². The number of carbonyl (C=O) groups excluding carboxylic acids is 1. The summed E-state index contributed by atoms with van der Waals surface area (Å²) in [6, 6.07) is 26.5. The van der Waals surface area contributed by atoms with Crippen LogP contribution in [-0.4, -0.2) is 19.6 Å². The minimum absolute atomic E-state index is 0.294.